The van der Waals surface area contributed by atoms with Crippen molar-refractivity contribution < 1.29 is 4.42 Å². The van der Waals surface area contributed by atoms with Gasteiger partial charge in [-0.05, 0) is 30.7 Å². The molecular formula is C15H14ClN3O. The summed E-state index contributed by atoms with van der Waals surface area (Å²) in [5.41, 5.74) is 8.81. The van der Waals surface area contributed by atoms with Gasteiger partial charge in [0.15, 0.2) is 5.58 Å². The number of nitrogen functional groups attached to an aromatic ring is 1. The maximum Gasteiger partial charge on any atom is 0.296 e. The van der Waals surface area contributed by atoms with Crippen LogP contribution in [0.1, 0.15) is 18.5 Å². The highest BCUT2D eigenvalue weighted by Crippen LogP contribution is 2.27. The fraction of sp³-hybridized carbons (Fsp3) is 0.133. The van der Waals surface area contributed by atoms with Gasteiger partial charge in [-0.25, -0.2) is 0 Å². The molecule has 5 heteroatoms. The van der Waals surface area contributed by atoms with Gasteiger partial charge in [-0.1, -0.05) is 29.8 Å². The summed E-state index contributed by atoms with van der Waals surface area (Å²) in [7, 11) is 0. The summed E-state index contributed by atoms with van der Waals surface area (Å²) < 4.78 is 5.64. The molecule has 0 amide bonds. The Morgan fingerprint density at radius 2 is 2.05 bits per heavy atom. The van der Waals surface area contributed by atoms with Crippen molar-refractivity contribution in [2.75, 3.05) is 11.1 Å². The number of nitrogens with two attached hydrogens (primary N) is 1. The molecule has 0 aliphatic carbocycles. The molecule has 0 bridgehead atoms. The minimum atomic E-state index is -0.00545. The Labute approximate surface area is 121 Å². The molecule has 3 rings (SSSR count). The lowest BCUT2D eigenvalue weighted by atomic mass is 10.1. The topological polar surface area (TPSA) is 64.1 Å². The molecule has 20 heavy (non-hydrogen) atoms. The second kappa shape index (κ2) is 5.06. The monoisotopic (exact) mass is 287 g/mol. The minimum absolute atomic E-state index is 0.00545. The van der Waals surface area contributed by atoms with E-state index in [-0.39, 0.29) is 6.04 Å². The molecule has 3 N–H and O–H groups in total. The first kappa shape index (κ1) is 12.8. The molecule has 0 fully saturated rings. The van der Waals surface area contributed by atoms with E-state index >= 15 is 0 Å². The highest BCUT2D eigenvalue weighted by Gasteiger charge is 2.12. The minimum Gasteiger partial charge on any atom is -0.423 e. The van der Waals surface area contributed by atoms with E-state index in [9.17, 15) is 0 Å². The van der Waals surface area contributed by atoms with E-state index in [4.69, 9.17) is 21.8 Å². The van der Waals surface area contributed by atoms with Crippen LogP contribution in [0.2, 0.25) is 5.02 Å². The van der Waals surface area contributed by atoms with Gasteiger partial charge in [-0.15, -0.1) is 0 Å². The van der Waals surface area contributed by atoms with Crippen molar-refractivity contribution in [2.45, 2.75) is 13.0 Å². The smallest absolute Gasteiger partial charge is 0.296 e. The number of hydrogen-bond acceptors (Lipinski definition) is 4. The van der Waals surface area contributed by atoms with E-state index in [2.05, 4.69) is 10.3 Å². The molecule has 1 atom stereocenters. The molecule has 0 radical (unpaired) electrons. The maximum absolute atomic E-state index is 6.18. The van der Waals surface area contributed by atoms with Crippen molar-refractivity contribution >= 4 is 34.4 Å². The molecular weight excluding hydrogens is 274 g/mol. The summed E-state index contributed by atoms with van der Waals surface area (Å²) in [6.45, 7) is 2.00. The van der Waals surface area contributed by atoms with E-state index < -0.39 is 0 Å². The summed E-state index contributed by atoms with van der Waals surface area (Å²) >= 11 is 6.18. The van der Waals surface area contributed by atoms with Crippen molar-refractivity contribution in [2.24, 2.45) is 0 Å². The zero-order valence-electron chi connectivity index (χ0n) is 10.9. The van der Waals surface area contributed by atoms with Crippen molar-refractivity contribution in [1.29, 1.82) is 0 Å². The number of hydrogen-bond donors (Lipinski definition) is 2. The fourth-order valence-corrected chi connectivity index (χ4v) is 2.39. The lowest BCUT2D eigenvalue weighted by Crippen LogP contribution is -2.07. The van der Waals surface area contributed by atoms with Gasteiger partial charge in [-0.3, -0.25) is 0 Å². The molecule has 4 nitrogen and oxygen atoms in total. The summed E-state index contributed by atoms with van der Waals surface area (Å²) in [4.78, 5) is 4.37. The van der Waals surface area contributed by atoms with Crippen LogP contribution >= 0.6 is 11.6 Å². The van der Waals surface area contributed by atoms with Gasteiger partial charge in [0.05, 0.1) is 6.04 Å². The number of rotatable bonds is 3. The molecule has 1 aromatic heterocycles. The summed E-state index contributed by atoms with van der Waals surface area (Å²) in [5, 5.41) is 3.92. The summed E-state index contributed by atoms with van der Waals surface area (Å²) in [6, 6.07) is 13.5. The molecule has 0 saturated carbocycles. The van der Waals surface area contributed by atoms with Gasteiger partial charge in [0, 0.05) is 16.8 Å². The van der Waals surface area contributed by atoms with Crippen LogP contribution in [-0.4, -0.2) is 4.98 Å². The van der Waals surface area contributed by atoms with E-state index in [1.54, 1.807) is 12.1 Å². The molecule has 1 unspecified atom stereocenters. The number of oxazole rings is 1. The normalized spacial score (nSPS) is 12.5. The van der Waals surface area contributed by atoms with Gasteiger partial charge in [0.1, 0.15) is 5.52 Å². The third-order valence-corrected chi connectivity index (χ3v) is 3.47. The van der Waals surface area contributed by atoms with Gasteiger partial charge in [0.2, 0.25) is 0 Å². The first-order chi connectivity index (χ1) is 9.63. The number of aromatic nitrogens is 1. The highest BCUT2D eigenvalue weighted by atomic mass is 35.5. The van der Waals surface area contributed by atoms with E-state index in [0.717, 1.165) is 11.1 Å². The van der Waals surface area contributed by atoms with Gasteiger partial charge in [-0.2, -0.15) is 4.98 Å². The first-order valence-electron chi connectivity index (χ1n) is 6.30. The second-order valence-corrected chi connectivity index (χ2v) is 5.04. The molecule has 0 saturated heterocycles. The van der Waals surface area contributed by atoms with Crippen molar-refractivity contribution in [3.05, 3.63) is 53.1 Å². The van der Waals surface area contributed by atoms with E-state index in [1.807, 2.05) is 37.3 Å². The van der Waals surface area contributed by atoms with Crippen LogP contribution in [0, 0.1) is 0 Å². The third kappa shape index (κ3) is 2.42. The molecule has 3 aromatic rings. The van der Waals surface area contributed by atoms with Crippen LogP contribution in [0.3, 0.4) is 0 Å². The van der Waals surface area contributed by atoms with Crippen molar-refractivity contribution in [1.82, 2.24) is 4.98 Å². The molecule has 0 spiro atoms. The molecule has 0 aliphatic rings. The average Bonchev–Trinajstić information content (AvgIpc) is 2.80. The number of nitrogens with zero attached hydrogens (tertiary/aromatic N) is 1. The van der Waals surface area contributed by atoms with E-state index in [0.29, 0.717) is 22.3 Å². The van der Waals surface area contributed by atoms with Gasteiger partial charge < -0.3 is 15.5 Å². The predicted molar refractivity (Wildman–Crippen MR) is 81.9 cm³/mol. The van der Waals surface area contributed by atoms with Crippen LogP contribution in [0.4, 0.5) is 11.7 Å². The number of anilines is 2. The zero-order chi connectivity index (χ0) is 14.1. The molecule has 0 aliphatic heterocycles. The van der Waals surface area contributed by atoms with Crippen LogP contribution in [-0.2, 0) is 0 Å². The molecule has 2 aromatic carbocycles. The first-order valence-corrected chi connectivity index (χ1v) is 6.68. The zero-order valence-corrected chi connectivity index (χ0v) is 11.7. The largest absolute Gasteiger partial charge is 0.423 e. The Kier molecular flexibility index (Phi) is 3.24. The van der Waals surface area contributed by atoms with Crippen LogP contribution in [0.25, 0.3) is 11.1 Å². The number of halogens is 1. The van der Waals surface area contributed by atoms with Crippen molar-refractivity contribution in [3.63, 3.8) is 0 Å². The Balaban J connectivity index is 1.87. The van der Waals surface area contributed by atoms with Gasteiger partial charge >= 0.3 is 0 Å². The van der Waals surface area contributed by atoms with Crippen LogP contribution in [0.5, 0.6) is 0 Å². The predicted octanol–water partition coefficient (Wildman–Crippen LogP) is 4.24. The van der Waals surface area contributed by atoms with Crippen molar-refractivity contribution in [3.8, 4) is 0 Å². The maximum atomic E-state index is 6.18. The number of fused-ring (bicyclic) bond motifs is 1. The number of nitrogens with one attached hydrogen (secondary N) is 1. The quantitative estimate of drug-likeness (QED) is 0.707. The standard InChI is InChI=1S/C15H14ClN3O/c1-9(11-4-2-3-5-12(11)16)18-15-19-13-7-6-10(17)8-14(13)20-15/h2-9H,17H2,1H3,(H,18,19). The van der Waals surface area contributed by atoms with Gasteiger partial charge in [0.25, 0.3) is 6.01 Å². The molecule has 1 heterocycles. The Bertz CT molecular complexity index is 754. The Morgan fingerprint density at radius 3 is 2.85 bits per heavy atom. The Morgan fingerprint density at radius 1 is 1.25 bits per heavy atom. The third-order valence-electron chi connectivity index (χ3n) is 3.12. The lowest BCUT2D eigenvalue weighted by molar-refractivity contribution is 0.604. The average molecular weight is 288 g/mol. The highest BCUT2D eigenvalue weighted by molar-refractivity contribution is 6.31. The van der Waals surface area contributed by atoms with E-state index in [1.165, 1.54) is 0 Å². The van der Waals surface area contributed by atoms with Crippen LogP contribution in [0.15, 0.2) is 46.9 Å². The molecule has 102 valence electrons. The second-order valence-electron chi connectivity index (χ2n) is 4.63. The fourth-order valence-electron chi connectivity index (χ4n) is 2.09. The SMILES string of the molecule is CC(Nc1nc2ccc(N)cc2o1)c1ccccc1Cl. The summed E-state index contributed by atoms with van der Waals surface area (Å²) in [6.07, 6.45) is 0. The number of benzene rings is 2. The van der Waals surface area contributed by atoms with Crippen LogP contribution < -0.4 is 11.1 Å². The lowest BCUT2D eigenvalue weighted by Gasteiger charge is -2.13. The summed E-state index contributed by atoms with van der Waals surface area (Å²) in [5.74, 6) is 0. The Hall–Kier alpha value is -2.20.